The van der Waals surface area contributed by atoms with Crippen molar-refractivity contribution in [2.45, 2.75) is 51.0 Å². The van der Waals surface area contributed by atoms with Gasteiger partial charge in [0, 0.05) is 6.04 Å². The largest absolute Gasteiger partial charge is 0.305 e. The molecule has 1 spiro atoms. The third-order valence-electron chi connectivity index (χ3n) is 3.78. The van der Waals surface area contributed by atoms with E-state index in [1.807, 2.05) is 0 Å². The summed E-state index contributed by atoms with van der Waals surface area (Å²) in [5.74, 6) is 0. The molecule has 0 bridgehead atoms. The zero-order valence-electron chi connectivity index (χ0n) is 7.94. The molecule has 0 aromatic rings. The third-order valence-corrected chi connectivity index (χ3v) is 3.78. The van der Waals surface area contributed by atoms with E-state index in [0.29, 0.717) is 11.5 Å². The normalized spacial score (nSPS) is 33.2. The molecule has 0 saturated heterocycles. The maximum atomic E-state index is 5.02. The molecule has 2 rings (SSSR count). The summed E-state index contributed by atoms with van der Waals surface area (Å²) in [5, 5.41) is 0. The van der Waals surface area contributed by atoms with Gasteiger partial charge in [0.1, 0.15) is 0 Å². The first kappa shape index (κ1) is 8.52. The Labute approximate surface area is 74.6 Å². The molecule has 2 fully saturated rings. The average molecular weight is 169 g/mol. The molecule has 70 valence electrons. The van der Waals surface area contributed by atoms with Gasteiger partial charge in [0.25, 0.3) is 0 Å². The van der Waals surface area contributed by atoms with Crippen molar-refractivity contribution in [3.05, 3.63) is 0 Å². The quantitative estimate of drug-likeness (QED) is 0.640. The molecular formula is C10H19NO. The van der Waals surface area contributed by atoms with Gasteiger partial charge >= 0.3 is 0 Å². The fourth-order valence-electron chi connectivity index (χ4n) is 2.88. The summed E-state index contributed by atoms with van der Waals surface area (Å²) in [4.78, 5) is 5.02. The van der Waals surface area contributed by atoms with Crippen molar-refractivity contribution in [2.24, 2.45) is 5.41 Å². The number of hydrogen-bond donors (Lipinski definition) is 1. The summed E-state index contributed by atoms with van der Waals surface area (Å²) < 4.78 is 0. The van der Waals surface area contributed by atoms with E-state index in [9.17, 15) is 0 Å². The van der Waals surface area contributed by atoms with Crippen molar-refractivity contribution in [3.63, 3.8) is 0 Å². The molecule has 0 aromatic carbocycles. The molecule has 2 heteroatoms. The van der Waals surface area contributed by atoms with Gasteiger partial charge in [-0.25, -0.2) is 0 Å². The van der Waals surface area contributed by atoms with Crippen LogP contribution in [-0.4, -0.2) is 13.2 Å². The van der Waals surface area contributed by atoms with Crippen LogP contribution in [0.5, 0.6) is 0 Å². The number of nitrogens with one attached hydrogen (secondary N) is 1. The summed E-state index contributed by atoms with van der Waals surface area (Å²) in [5.41, 5.74) is 3.78. The average Bonchev–Trinajstić information content (AvgIpc) is 2.14. The standard InChI is InChI=1S/C10H19NO/c1-12-11-9-5-8-10(9)6-3-2-4-7-10/h9,11H,2-8H2,1H3. The van der Waals surface area contributed by atoms with E-state index >= 15 is 0 Å². The minimum atomic E-state index is 0.633. The van der Waals surface area contributed by atoms with Gasteiger partial charge < -0.3 is 4.84 Å². The molecule has 2 aliphatic carbocycles. The lowest BCUT2D eigenvalue weighted by Gasteiger charge is -2.51. The topological polar surface area (TPSA) is 21.3 Å². The van der Waals surface area contributed by atoms with Crippen LogP contribution >= 0.6 is 0 Å². The minimum absolute atomic E-state index is 0.633. The molecule has 0 heterocycles. The van der Waals surface area contributed by atoms with Crippen LogP contribution in [0.3, 0.4) is 0 Å². The van der Waals surface area contributed by atoms with Crippen LogP contribution in [0.25, 0.3) is 0 Å². The van der Waals surface area contributed by atoms with E-state index in [0.717, 1.165) is 0 Å². The fourth-order valence-corrected chi connectivity index (χ4v) is 2.88. The van der Waals surface area contributed by atoms with E-state index in [1.165, 1.54) is 44.9 Å². The highest BCUT2D eigenvalue weighted by molar-refractivity contribution is 5.00. The summed E-state index contributed by atoms with van der Waals surface area (Å²) in [6.07, 6.45) is 9.90. The first-order valence-corrected chi connectivity index (χ1v) is 5.16. The highest BCUT2D eigenvalue weighted by Gasteiger charge is 2.46. The Hall–Kier alpha value is -0.0800. The Morgan fingerprint density at radius 2 is 1.92 bits per heavy atom. The van der Waals surface area contributed by atoms with Crippen LogP contribution in [-0.2, 0) is 4.84 Å². The van der Waals surface area contributed by atoms with E-state index in [4.69, 9.17) is 4.84 Å². The van der Waals surface area contributed by atoms with E-state index in [-0.39, 0.29) is 0 Å². The van der Waals surface area contributed by atoms with Gasteiger partial charge in [0.05, 0.1) is 7.11 Å². The molecule has 2 nitrogen and oxygen atoms in total. The summed E-state index contributed by atoms with van der Waals surface area (Å²) in [6, 6.07) is 0.655. The third kappa shape index (κ3) is 1.27. The van der Waals surface area contributed by atoms with Crippen LogP contribution in [0.1, 0.15) is 44.9 Å². The van der Waals surface area contributed by atoms with Crippen molar-refractivity contribution in [1.29, 1.82) is 0 Å². The van der Waals surface area contributed by atoms with Crippen molar-refractivity contribution in [1.82, 2.24) is 5.48 Å². The highest BCUT2D eigenvalue weighted by atomic mass is 16.6. The van der Waals surface area contributed by atoms with Crippen molar-refractivity contribution in [3.8, 4) is 0 Å². The molecule has 2 saturated carbocycles. The van der Waals surface area contributed by atoms with Crippen LogP contribution in [0, 0.1) is 5.41 Å². The number of hydroxylamine groups is 1. The van der Waals surface area contributed by atoms with Gasteiger partial charge in [0.15, 0.2) is 0 Å². The molecule has 2 aliphatic rings. The van der Waals surface area contributed by atoms with Gasteiger partial charge in [-0.15, -0.1) is 0 Å². The molecular weight excluding hydrogens is 150 g/mol. The first-order valence-electron chi connectivity index (χ1n) is 5.16. The lowest BCUT2D eigenvalue weighted by atomic mass is 9.57. The van der Waals surface area contributed by atoms with Crippen LogP contribution in [0.15, 0.2) is 0 Å². The van der Waals surface area contributed by atoms with Gasteiger partial charge in [-0.3, -0.25) is 0 Å². The Morgan fingerprint density at radius 3 is 2.42 bits per heavy atom. The van der Waals surface area contributed by atoms with Crippen molar-refractivity contribution < 1.29 is 4.84 Å². The Bertz CT molecular complexity index is 152. The van der Waals surface area contributed by atoms with Gasteiger partial charge in [-0.1, -0.05) is 19.3 Å². The molecule has 1 N–H and O–H groups in total. The van der Waals surface area contributed by atoms with Gasteiger partial charge in [0.2, 0.25) is 0 Å². The van der Waals surface area contributed by atoms with Crippen molar-refractivity contribution >= 4 is 0 Å². The zero-order valence-corrected chi connectivity index (χ0v) is 7.94. The maximum Gasteiger partial charge on any atom is 0.0572 e. The number of hydrogen-bond acceptors (Lipinski definition) is 2. The summed E-state index contributed by atoms with van der Waals surface area (Å²) in [6.45, 7) is 0. The highest BCUT2D eigenvalue weighted by Crippen LogP contribution is 2.51. The van der Waals surface area contributed by atoms with E-state index in [2.05, 4.69) is 5.48 Å². The Kier molecular flexibility index (Phi) is 2.37. The Balaban J connectivity index is 1.91. The molecule has 0 aliphatic heterocycles. The molecule has 1 unspecified atom stereocenters. The second kappa shape index (κ2) is 3.35. The fraction of sp³-hybridized carbons (Fsp3) is 1.00. The number of rotatable bonds is 2. The van der Waals surface area contributed by atoms with Crippen LogP contribution in [0.4, 0.5) is 0 Å². The molecule has 12 heavy (non-hydrogen) atoms. The smallest absolute Gasteiger partial charge is 0.0572 e. The minimum Gasteiger partial charge on any atom is -0.305 e. The van der Waals surface area contributed by atoms with Gasteiger partial charge in [-0.05, 0) is 31.1 Å². The summed E-state index contributed by atoms with van der Waals surface area (Å²) >= 11 is 0. The predicted octanol–water partition coefficient (Wildman–Crippen LogP) is 2.25. The SMILES string of the molecule is CONC1CCC12CCCCC2. The lowest BCUT2D eigenvalue weighted by Crippen LogP contribution is -2.53. The monoisotopic (exact) mass is 169 g/mol. The molecule has 0 radical (unpaired) electrons. The summed E-state index contributed by atoms with van der Waals surface area (Å²) in [7, 11) is 1.73. The first-order chi connectivity index (χ1) is 5.87. The molecule has 1 atom stereocenters. The van der Waals surface area contributed by atoms with Crippen LogP contribution < -0.4 is 5.48 Å². The second-order valence-electron chi connectivity index (χ2n) is 4.34. The maximum absolute atomic E-state index is 5.02. The Morgan fingerprint density at radius 1 is 1.17 bits per heavy atom. The molecule has 0 amide bonds. The van der Waals surface area contributed by atoms with E-state index < -0.39 is 0 Å². The van der Waals surface area contributed by atoms with E-state index in [1.54, 1.807) is 7.11 Å². The van der Waals surface area contributed by atoms with Gasteiger partial charge in [-0.2, -0.15) is 5.48 Å². The lowest BCUT2D eigenvalue weighted by molar-refractivity contribution is -0.0658. The second-order valence-corrected chi connectivity index (χ2v) is 4.34. The molecule has 0 aromatic heterocycles. The predicted molar refractivity (Wildman–Crippen MR) is 48.7 cm³/mol. The van der Waals surface area contributed by atoms with Crippen LogP contribution in [0.2, 0.25) is 0 Å². The van der Waals surface area contributed by atoms with Crippen molar-refractivity contribution in [2.75, 3.05) is 7.11 Å². The zero-order chi connectivity index (χ0) is 8.44.